The third kappa shape index (κ3) is 4.29. The Bertz CT molecular complexity index is 1690. The first-order chi connectivity index (χ1) is 19.0. The third-order valence-electron chi connectivity index (χ3n) is 7.64. The van der Waals surface area contributed by atoms with Gasteiger partial charge in [-0.15, -0.1) is 10.2 Å². The molecule has 2 unspecified atom stereocenters. The number of nitrogens with zero attached hydrogens (tertiary/aromatic N) is 4. The molecule has 1 saturated heterocycles. The number of hydrogen-bond acceptors (Lipinski definition) is 9. The molecular weight excluding hydrogens is 565 g/mol. The summed E-state index contributed by atoms with van der Waals surface area (Å²) in [6, 6.07) is 8.63. The average Bonchev–Trinajstić information content (AvgIpc) is 3.48. The molecule has 6 rings (SSSR count). The zero-order valence-electron chi connectivity index (χ0n) is 21.1. The molecule has 3 aromatic rings. The van der Waals surface area contributed by atoms with Gasteiger partial charge in [0, 0.05) is 18.1 Å². The van der Waals surface area contributed by atoms with Crippen molar-refractivity contribution in [2.75, 3.05) is 25.1 Å². The molecule has 0 radical (unpaired) electrons. The van der Waals surface area contributed by atoms with Crippen molar-refractivity contribution in [3.63, 3.8) is 0 Å². The number of sulfone groups is 1. The van der Waals surface area contributed by atoms with Crippen molar-refractivity contribution in [2.45, 2.75) is 29.7 Å². The van der Waals surface area contributed by atoms with E-state index in [9.17, 15) is 18.0 Å². The van der Waals surface area contributed by atoms with Crippen LogP contribution in [0.3, 0.4) is 0 Å². The van der Waals surface area contributed by atoms with Gasteiger partial charge in [-0.05, 0) is 48.6 Å². The molecule has 1 saturated carbocycles. The fraction of sp³-hybridized carbons (Fsp3) is 0.308. The first-order valence-corrected chi connectivity index (χ1v) is 14.2. The van der Waals surface area contributed by atoms with E-state index in [0.717, 1.165) is 23.8 Å². The standard InChI is InChI=1S/C26H23ClFN5O6S/c1-38-25(35)32-7-6-15-10-26(15,13-32)24-31-30-22(39-24)17-8-20-21(9-18(17)28)40(36,37)12-19(29)23(34)33(20)11-14-2-4-16(27)5-3-14/h2-5,8-9,12,15H,6-7,10-11,13,29H2,1H3. The molecule has 3 aliphatic rings. The van der Waals surface area contributed by atoms with Gasteiger partial charge < -0.3 is 24.7 Å². The van der Waals surface area contributed by atoms with E-state index in [1.807, 2.05) is 0 Å². The van der Waals surface area contributed by atoms with E-state index in [2.05, 4.69) is 10.2 Å². The number of rotatable bonds is 4. The molecule has 208 valence electrons. The van der Waals surface area contributed by atoms with Crippen molar-refractivity contribution in [3.8, 4) is 11.5 Å². The number of likely N-dealkylation sites (tertiary alicyclic amines) is 1. The summed E-state index contributed by atoms with van der Waals surface area (Å²) in [6.45, 7) is 0.801. The van der Waals surface area contributed by atoms with Crippen molar-refractivity contribution < 1.29 is 31.6 Å². The lowest BCUT2D eigenvalue weighted by molar-refractivity contribution is -0.115. The number of carbonyl (C=O) groups is 2. The molecule has 2 aromatic carbocycles. The zero-order valence-corrected chi connectivity index (χ0v) is 22.7. The van der Waals surface area contributed by atoms with Crippen LogP contribution >= 0.6 is 11.6 Å². The van der Waals surface area contributed by atoms with Crippen molar-refractivity contribution in [3.05, 3.63) is 69.8 Å². The number of nitrogens with two attached hydrogens (primary N) is 1. The Kier molecular flexibility index (Phi) is 6.11. The summed E-state index contributed by atoms with van der Waals surface area (Å²) in [6.07, 6.45) is 0.996. The molecule has 2 fully saturated rings. The molecule has 11 nitrogen and oxygen atoms in total. The van der Waals surface area contributed by atoms with Crippen LogP contribution in [0, 0.1) is 11.7 Å². The van der Waals surface area contributed by atoms with E-state index >= 15 is 4.39 Å². The van der Waals surface area contributed by atoms with Crippen molar-refractivity contribution in [2.24, 2.45) is 11.7 Å². The molecule has 2 atom stereocenters. The van der Waals surface area contributed by atoms with Gasteiger partial charge in [-0.3, -0.25) is 4.79 Å². The van der Waals surface area contributed by atoms with Crippen LogP contribution in [-0.4, -0.2) is 55.7 Å². The SMILES string of the molecule is COC(=O)N1CCC2CC2(c2nnc(-c3cc4c(cc3F)S(=O)(=O)C=C(N)C(=O)N4Cc3ccc(Cl)cc3)o2)C1. The Morgan fingerprint density at radius 1 is 1.27 bits per heavy atom. The number of ether oxygens (including phenoxy) is 1. The summed E-state index contributed by atoms with van der Waals surface area (Å²) in [5.74, 6) is -1.42. The maximum Gasteiger partial charge on any atom is 0.409 e. The fourth-order valence-electron chi connectivity index (χ4n) is 5.45. The second-order valence-electron chi connectivity index (χ2n) is 10.1. The lowest BCUT2D eigenvalue weighted by Crippen LogP contribution is -2.42. The summed E-state index contributed by atoms with van der Waals surface area (Å²) >= 11 is 5.98. The molecular formula is C26H23ClFN5O6S. The number of fused-ring (bicyclic) bond motifs is 2. The van der Waals surface area contributed by atoms with Crippen molar-refractivity contribution >= 4 is 39.1 Å². The number of benzene rings is 2. The van der Waals surface area contributed by atoms with Crippen LogP contribution < -0.4 is 10.6 Å². The maximum absolute atomic E-state index is 15.5. The first kappa shape index (κ1) is 26.3. The average molecular weight is 588 g/mol. The Morgan fingerprint density at radius 2 is 2.02 bits per heavy atom. The zero-order chi connectivity index (χ0) is 28.4. The monoisotopic (exact) mass is 587 g/mol. The van der Waals surface area contributed by atoms with Gasteiger partial charge in [0.05, 0.1) is 40.6 Å². The highest BCUT2D eigenvalue weighted by Crippen LogP contribution is 2.58. The summed E-state index contributed by atoms with van der Waals surface area (Å²) in [4.78, 5) is 27.6. The molecule has 3 heterocycles. The van der Waals surface area contributed by atoms with Crippen LogP contribution in [0.5, 0.6) is 0 Å². The summed E-state index contributed by atoms with van der Waals surface area (Å²) in [7, 11) is -2.96. The summed E-state index contributed by atoms with van der Waals surface area (Å²) < 4.78 is 52.4. The smallest absolute Gasteiger partial charge is 0.409 e. The number of carbonyl (C=O) groups excluding carboxylic acids is 2. The predicted molar refractivity (Wildman–Crippen MR) is 140 cm³/mol. The van der Waals surface area contributed by atoms with Crippen LogP contribution in [0.15, 0.2) is 56.8 Å². The molecule has 2 amide bonds. The minimum absolute atomic E-state index is 0.0681. The van der Waals surface area contributed by atoms with Crippen LogP contribution in [0.4, 0.5) is 14.9 Å². The maximum atomic E-state index is 15.5. The molecule has 0 spiro atoms. The Hall–Kier alpha value is -3.97. The lowest BCUT2D eigenvalue weighted by atomic mass is 9.97. The Balaban J connectivity index is 1.41. The minimum atomic E-state index is -4.27. The van der Waals surface area contributed by atoms with Gasteiger partial charge >= 0.3 is 6.09 Å². The van der Waals surface area contributed by atoms with Gasteiger partial charge in [0.1, 0.15) is 11.5 Å². The van der Waals surface area contributed by atoms with Gasteiger partial charge in [-0.25, -0.2) is 17.6 Å². The van der Waals surface area contributed by atoms with Gasteiger partial charge in [-0.1, -0.05) is 23.7 Å². The van der Waals surface area contributed by atoms with E-state index < -0.39 is 43.7 Å². The van der Waals surface area contributed by atoms with E-state index in [-0.39, 0.29) is 35.5 Å². The third-order valence-corrected chi connectivity index (χ3v) is 9.40. The molecule has 2 N–H and O–H groups in total. The number of hydrogen-bond donors (Lipinski definition) is 1. The lowest BCUT2D eigenvalue weighted by Gasteiger charge is -2.29. The molecule has 1 aliphatic carbocycles. The second-order valence-corrected chi connectivity index (χ2v) is 12.3. The van der Waals surface area contributed by atoms with Crippen molar-refractivity contribution in [1.82, 2.24) is 15.1 Å². The highest BCUT2D eigenvalue weighted by Gasteiger charge is 2.62. The number of piperidine rings is 1. The first-order valence-electron chi connectivity index (χ1n) is 12.3. The molecule has 14 heteroatoms. The molecule has 0 bridgehead atoms. The minimum Gasteiger partial charge on any atom is -0.453 e. The number of anilines is 1. The van der Waals surface area contributed by atoms with Gasteiger partial charge in [0.25, 0.3) is 11.8 Å². The summed E-state index contributed by atoms with van der Waals surface area (Å²) in [5, 5.41) is 9.33. The van der Waals surface area contributed by atoms with Crippen LogP contribution in [0.1, 0.15) is 24.3 Å². The fourth-order valence-corrected chi connectivity index (χ4v) is 6.87. The normalized spacial score (nSPS) is 23.1. The number of amides is 2. The highest BCUT2D eigenvalue weighted by molar-refractivity contribution is 7.94. The topological polar surface area (TPSA) is 149 Å². The number of aromatic nitrogens is 2. The second kappa shape index (κ2) is 9.30. The van der Waals surface area contributed by atoms with Crippen LogP contribution in [0.25, 0.3) is 11.5 Å². The van der Waals surface area contributed by atoms with E-state index in [0.29, 0.717) is 29.1 Å². The van der Waals surface area contributed by atoms with Crippen molar-refractivity contribution in [1.29, 1.82) is 0 Å². The largest absolute Gasteiger partial charge is 0.453 e. The molecule has 1 aromatic heterocycles. The molecule has 2 aliphatic heterocycles. The van der Waals surface area contributed by atoms with Gasteiger partial charge in [0.15, 0.2) is 0 Å². The van der Waals surface area contributed by atoms with Crippen LogP contribution in [0.2, 0.25) is 5.02 Å². The molecule has 40 heavy (non-hydrogen) atoms. The quantitative estimate of drug-likeness (QED) is 0.485. The van der Waals surface area contributed by atoms with Crippen LogP contribution in [-0.2, 0) is 31.3 Å². The number of halogens is 2. The van der Waals surface area contributed by atoms with Gasteiger partial charge in [0.2, 0.25) is 15.7 Å². The number of methoxy groups -OCH3 is 1. The summed E-state index contributed by atoms with van der Waals surface area (Å²) in [5.41, 5.74) is 5.12. The highest BCUT2D eigenvalue weighted by atomic mass is 35.5. The van der Waals surface area contributed by atoms with E-state index in [1.54, 1.807) is 29.2 Å². The van der Waals surface area contributed by atoms with Gasteiger partial charge in [-0.2, -0.15) is 0 Å². The Morgan fingerprint density at radius 3 is 2.75 bits per heavy atom. The predicted octanol–water partition coefficient (Wildman–Crippen LogP) is 3.38. The van der Waals surface area contributed by atoms with E-state index in [4.69, 9.17) is 26.5 Å². The Labute approximate surface area is 233 Å². The van der Waals surface area contributed by atoms with E-state index in [1.165, 1.54) is 13.2 Å².